The van der Waals surface area contributed by atoms with Crippen LogP contribution < -0.4 is 10.2 Å². The fourth-order valence-electron chi connectivity index (χ4n) is 2.90. The van der Waals surface area contributed by atoms with E-state index in [1.807, 2.05) is 5.38 Å². The minimum Gasteiger partial charge on any atom is -0.354 e. The van der Waals surface area contributed by atoms with E-state index >= 15 is 0 Å². The SMILES string of the molecule is O=C(Nc1nccs1)[C@H]1CCCN(c2nc(Cl)nc3nc[nH]c23)C1. The second-order valence-corrected chi connectivity index (χ2v) is 6.76. The van der Waals surface area contributed by atoms with Crippen LogP contribution >= 0.6 is 22.9 Å². The molecule has 1 saturated heterocycles. The average molecular weight is 364 g/mol. The lowest BCUT2D eigenvalue weighted by atomic mass is 9.97. The zero-order chi connectivity index (χ0) is 16.5. The van der Waals surface area contributed by atoms with Gasteiger partial charge in [-0.05, 0) is 24.4 Å². The summed E-state index contributed by atoms with van der Waals surface area (Å²) in [5.41, 5.74) is 1.26. The summed E-state index contributed by atoms with van der Waals surface area (Å²) < 4.78 is 0. The van der Waals surface area contributed by atoms with Crippen molar-refractivity contribution in [3.8, 4) is 0 Å². The summed E-state index contributed by atoms with van der Waals surface area (Å²) in [6.45, 7) is 1.38. The maximum atomic E-state index is 12.5. The number of carbonyl (C=O) groups is 1. The number of carbonyl (C=O) groups excluding carboxylic acids is 1. The number of imidazole rings is 1. The van der Waals surface area contributed by atoms with E-state index < -0.39 is 0 Å². The van der Waals surface area contributed by atoms with Crippen molar-refractivity contribution < 1.29 is 4.79 Å². The van der Waals surface area contributed by atoms with Gasteiger partial charge in [0.2, 0.25) is 11.2 Å². The second-order valence-electron chi connectivity index (χ2n) is 5.53. The number of piperidine rings is 1. The summed E-state index contributed by atoms with van der Waals surface area (Å²) in [4.78, 5) is 34.2. The van der Waals surface area contributed by atoms with E-state index in [1.54, 1.807) is 12.5 Å². The molecule has 0 saturated carbocycles. The number of aromatic nitrogens is 5. The van der Waals surface area contributed by atoms with Crippen LogP contribution in [0.3, 0.4) is 0 Å². The number of halogens is 1. The third kappa shape index (κ3) is 2.92. The van der Waals surface area contributed by atoms with Crippen LogP contribution in [0.4, 0.5) is 10.9 Å². The minimum absolute atomic E-state index is 0.0179. The molecule has 0 spiro atoms. The lowest BCUT2D eigenvalue weighted by molar-refractivity contribution is -0.120. The Hall–Kier alpha value is -2.26. The Kier molecular flexibility index (Phi) is 4.03. The summed E-state index contributed by atoms with van der Waals surface area (Å²) in [6, 6.07) is 0. The first kappa shape index (κ1) is 15.3. The number of hydrogen-bond acceptors (Lipinski definition) is 7. The van der Waals surface area contributed by atoms with Crippen LogP contribution in [0.25, 0.3) is 11.2 Å². The van der Waals surface area contributed by atoms with Gasteiger partial charge in [0.1, 0.15) is 5.52 Å². The number of nitrogens with zero attached hydrogens (tertiary/aromatic N) is 5. The number of amides is 1. The molecule has 0 unspecified atom stereocenters. The molecule has 1 fully saturated rings. The van der Waals surface area contributed by atoms with Crippen LogP contribution in [0.2, 0.25) is 5.28 Å². The molecule has 10 heteroatoms. The molecule has 1 aliphatic heterocycles. The van der Waals surface area contributed by atoms with E-state index in [2.05, 4.69) is 35.1 Å². The smallest absolute Gasteiger partial charge is 0.231 e. The van der Waals surface area contributed by atoms with Crippen LogP contribution in [-0.2, 0) is 4.79 Å². The Morgan fingerprint density at radius 1 is 1.42 bits per heavy atom. The standard InChI is InChI=1S/C14H14ClN7OS/c15-13-19-10-9(17-7-18-10)11(20-13)22-4-1-2-8(6-22)12(23)21-14-16-3-5-24-14/h3,5,7-8H,1-2,4,6H2,(H,16,21,23)(H,17,18,19,20)/t8-/m0/s1. The van der Waals surface area contributed by atoms with Gasteiger partial charge in [-0.2, -0.15) is 9.97 Å². The third-order valence-corrected chi connectivity index (χ3v) is 4.85. The highest BCUT2D eigenvalue weighted by molar-refractivity contribution is 7.13. The van der Waals surface area contributed by atoms with Crippen LogP contribution in [-0.4, -0.2) is 43.9 Å². The van der Waals surface area contributed by atoms with Gasteiger partial charge in [-0.1, -0.05) is 0 Å². The summed E-state index contributed by atoms with van der Waals surface area (Å²) in [7, 11) is 0. The topological polar surface area (TPSA) is 99.7 Å². The van der Waals surface area contributed by atoms with Gasteiger partial charge >= 0.3 is 0 Å². The van der Waals surface area contributed by atoms with Crippen molar-refractivity contribution in [3.63, 3.8) is 0 Å². The van der Waals surface area contributed by atoms with Crippen LogP contribution in [0.15, 0.2) is 17.9 Å². The maximum Gasteiger partial charge on any atom is 0.231 e. The van der Waals surface area contributed by atoms with Gasteiger partial charge in [-0.15, -0.1) is 11.3 Å². The van der Waals surface area contributed by atoms with Crippen LogP contribution in [0.1, 0.15) is 12.8 Å². The molecule has 1 amide bonds. The van der Waals surface area contributed by atoms with Crippen molar-refractivity contribution in [3.05, 3.63) is 23.2 Å². The molecule has 4 rings (SSSR count). The number of fused-ring (bicyclic) bond motifs is 1. The van der Waals surface area contributed by atoms with E-state index in [0.717, 1.165) is 24.9 Å². The normalized spacial score (nSPS) is 18.0. The fourth-order valence-corrected chi connectivity index (χ4v) is 3.59. The fraction of sp³-hybridized carbons (Fsp3) is 0.357. The first-order chi connectivity index (χ1) is 11.7. The van der Waals surface area contributed by atoms with Crippen LogP contribution in [0.5, 0.6) is 0 Å². The summed E-state index contributed by atoms with van der Waals surface area (Å²) in [5, 5.41) is 5.48. The zero-order valence-electron chi connectivity index (χ0n) is 12.6. The molecule has 8 nitrogen and oxygen atoms in total. The Bertz CT molecular complexity index is 865. The average Bonchev–Trinajstić information content (AvgIpc) is 3.25. The lowest BCUT2D eigenvalue weighted by Gasteiger charge is -2.32. The van der Waals surface area contributed by atoms with Gasteiger partial charge in [-0.25, -0.2) is 9.97 Å². The molecular formula is C14H14ClN7OS. The van der Waals surface area contributed by atoms with E-state index in [0.29, 0.717) is 23.1 Å². The largest absolute Gasteiger partial charge is 0.354 e. The van der Waals surface area contributed by atoms with E-state index in [4.69, 9.17) is 11.6 Å². The lowest BCUT2D eigenvalue weighted by Crippen LogP contribution is -2.41. The zero-order valence-corrected chi connectivity index (χ0v) is 14.1. The molecule has 0 bridgehead atoms. The number of aromatic amines is 1. The Balaban J connectivity index is 1.56. The molecule has 1 atom stereocenters. The van der Waals surface area contributed by atoms with Gasteiger partial charge < -0.3 is 15.2 Å². The first-order valence-corrected chi connectivity index (χ1v) is 8.78. The van der Waals surface area contributed by atoms with Crippen molar-refractivity contribution in [2.24, 2.45) is 5.92 Å². The Morgan fingerprint density at radius 3 is 3.17 bits per heavy atom. The second kappa shape index (κ2) is 6.33. The van der Waals surface area contributed by atoms with Crippen molar-refractivity contribution in [1.29, 1.82) is 0 Å². The first-order valence-electron chi connectivity index (χ1n) is 7.52. The summed E-state index contributed by atoms with van der Waals surface area (Å²) in [5.74, 6) is 0.541. The van der Waals surface area contributed by atoms with Gasteiger partial charge in [0.05, 0.1) is 12.2 Å². The van der Waals surface area contributed by atoms with Gasteiger partial charge in [0.15, 0.2) is 16.6 Å². The molecule has 24 heavy (non-hydrogen) atoms. The molecule has 0 radical (unpaired) electrons. The molecule has 1 aliphatic rings. The van der Waals surface area contributed by atoms with Gasteiger partial charge in [0.25, 0.3) is 0 Å². The van der Waals surface area contributed by atoms with Gasteiger partial charge in [-0.3, -0.25) is 4.79 Å². The molecular weight excluding hydrogens is 350 g/mol. The highest BCUT2D eigenvalue weighted by Crippen LogP contribution is 2.28. The number of hydrogen-bond donors (Lipinski definition) is 2. The third-order valence-electron chi connectivity index (χ3n) is 3.99. The maximum absolute atomic E-state index is 12.5. The number of thiazole rings is 1. The van der Waals surface area contributed by atoms with Crippen molar-refractivity contribution in [2.45, 2.75) is 12.8 Å². The quantitative estimate of drug-likeness (QED) is 0.693. The number of nitrogens with one attached hydrogen (secondary N) is 2. The number of rotatable bonds is 3. The highest BCUT2D eigenvalue weighted by Gasteiger charge is 2.28. The van der Waals surface area contributed by atoms with E-state index in [1.165, 1.54) is 11.3 Å². The highest BCUT2D eigenvalue weighted by atomic mass is 35.5. The Morgan fingerprint density at radius 2 is 2.33 bits per heavy atom. The molecule has 4 heterocycles. The minimum atomic E-state index is -0.130. The van der Waals surface area contributed by atoms with Crippen molar-refractivity contribution in [1.82, 2.24) is 24.9 Å². The van der Waals surface area contributed by atoms with E-state index in [-0.39, 0.29) is 17.1 Å². The molecule has 124 valence electrons. The van der Waals surface area contributed by atoms with Crippen molar-refractivity contribution >= 4 is 51.0 Å². The predicted octanol–water partition coefficient (Wildman–Crippen LogP) is 2.32. The molecule has 3 aromatic rings. The summed E-state index contributed by atoms with van der Waals surface area (Å²) in [6.07, 6.45) is 4.97. The molecule has 2 N–H and O–H groups in total. The monoisotopic (exact) mass is 363 g/mol. The predicted molar refractivity (Wildman–Crippen MR) is 92.4 cm³/mol. The van der Waals surface area contributed by atoms with E-state index in [9.17, 15) is 4.79 Å². The van der Waals surface area contributed by atoms with Crippen LogP contribution in [0, 0.1) is 5.92 Å². The summed E-state index contributed by atoms with van der Waals surface area (Å²) >= 11 is 7.41. The number of anilines is 2. The molecule has 0 aliphatic carbocycles. The molecule has 3 aromatic heterocycles. The molecule has 0 aromatic carbocycles. The Labute approximate surface area is 146 Å². The number of H-pyrrole nitrogens is 1. The van der Waals surface area contributed by atoms with Crippen molar-refractivity contribution in [2.75, 3.05) is 23.3 Å². The van der Waals surface area contributed by atoms with Gasteiger partial charge in [0, 0.05) is 24.7 Å².